The van der Waals surface area contributed by atoms with Crippen molar-refractivity contribution in [3.63, 3.8) is 0 Å². The predicted octanol–water partition coefficient (Wildman–Crippen LogP) is 3.14. The topological polar surface area (TPSA) is 59.2 Å². The van der Waals surface area contributed by atoms with Crippen molar-refractivity contribution in [2.24, 2.45) is 11.1 Å². The van der Waals surface area contributed by atoms with Gasteiger partial charge in [0.15, 0.2) is 0 Å². The second kappa shape index (κ2) is 8.32. The van der Waals surface area contributed by atoms with E-state index in [-0.39, 0.29) is 36.1 Å². The summed E-state index contributed by atoms with van der Waals surface area (Å²) in [6.45, 7) is 5.24. The molecule has 0 spiro atoms. The van der Waals surface area contributed by atoms with Crippen LogP contribution in [0.4, 0.5) is 0 Å². The lowest BCUT2D eigenvalue weighted by Gasteiger charge is -2.29. The zero-order valence-electron chi connectivity index (χ0n) is 13.1. The summed E-state index contributed by atoms with van der Waals surface area (Å²) >= 11 is 0. The summed E-state index contributed by atoms with van der Waals surface area (Å²) in [5.41, 5.74) is 6.13. The first-order valence-corrected chi connectivity index (χ1v) is 6.74. The van der Waals surface area contributed by atoms with Gasteiger partial charge in [0, 0.05) is 25.2 Å². The van der Waals surface area contributed by atoms with Gasteiger partial charge in [0.25, 0.3) is 5.91 Å². The number of nitrogens with zero attached hydrogens (tertiary/aromatic N) is 2. The summed E-state index contributed by atoms with van der Waals surface area (Å²) in [6.07, 6.45) is 1.68. The standard InChI is InChI=1S/C16H21N3O.2ClH/c1-16(2,10-17)11-19(3)15(20)14-13-7-5-4-6-12(13)8-9-18-14;;/h4-9H,10-11,17H2,1-3H3;2*1H. The first-order valence-electron chi connectivity index (χ1n) is 6.74. The third-order valence-corrected chi connectivity index (χ3v) is 3.44. The van der Waals surface area contributed by atoms with Gasteiger partial charge in [0.1, 0.15) is 5.69 Å². The maximum absolute atomic E-state index is 12.6. The lowest BCUT2D eigenvalue weighted by Crippen LogP contribution is -2.40. The van der Waals surface area contributed by atoms with Crippen molar-refractivity contribution >= 4 is 41.5 Å². The number of hydrogen-bond donors (Lipinski definition) is 1. The molecule has 0 aliphatic rings. The van der Waals surface area contributed by atoms with Gasteiger partial charge < -0.3 is 10.6 Å². The lowest BCUT2D eigenvalue weighted by atomic mass is 9.93. The fourth-order valence-corrected chi connectivity index (χ4v) is 2.25. The molecule has 6 heteroatoms. The molecular formula is C16H23Cl2N3O. The van der Waals surface area contributed by atoms with E-state index in [1.54, 1.807) is 18.1 Å². The van der Waals surface area contributed by atoms with Gasteiger partial charge in [-0.15, -0.1) is 24.8 Å². The Balaban J connectivity index is 0.00000220. The fraction of sp³-hybridized carbons (Fsp3) is 0.375. The average molecular weight is 344 g/mol. The number of aromatic nitrogens is 1. The summed E-state index contributed by atoms with van der Waals surface area (Å²) in [5.74, 6) is -0.0664. The van der Waals surface area contributed by atoms with E-state index >= 15 is 0 Å². The van der Waals surface area contributed by atoms with Crippen LogP contribution < -0.4 is 5.73 Å². The average Bonchev–Trinajstić information content (AvgIpc) is 2.45. The van der Waals surface area contributed by atoms with Crippen LogP contribution in [0.1, 0.15) is 24.3 Å². The van der Waals surface area contributed by atoms with Crippen LogP contribution in [0.15, 0.2) is 36.5 Å². The van der Waals surface area contributed by atoms with E-state index in [2.05, 4.69) is 4.98 Å². The normalized spacial score (nSPS) is 10.5. The molecular weight excluding hydrogens is 321 g/mol. The second-order valence-corrected chi connectivity index (χ2v) is 5.91. The third kappa shape index (κ3) is 4.57. The molecule has 0 saturated carbocycles. The third-order valence-electron chi connectivity index (χ3n) is 3.44. The van der Waals surface area contributed by atoms with Gasteiger partial charge in [-0.05, 0) is 23.4 Å². The van der Waals surface area contributed by atoms with Crippen molar-refractivity contribution in [1.82, 2.24) is 9.88 Å². The maximum atomic E-state index is 12.6. The molecule has 0 fully saturated rings. The number of pyridine rings is 1. The van der Waals surface area contributed by atoms with E-state index in [9.17, 15) is 4.79 Å². The Labute approximate surface area is 143 Å². The zero-order chi connectivity index (χ0) is 14.8. The van der Waals surface area contributed by atoms with Crippen LogP contribution in [0.5, 0.6) is 0 Å². The summed E-state index contributed by atoms with van der Waals surface area (Å²) in [6, 6.07) is 9.70. The number of benzene rings is 1. The molecule has 0 saturated heterocycles. The Morgan fingerprint density at radius 1 is 1.23 bits per heavy atom. The number of hydrogen-bond acceptors (Lipinski definition) is 3. The molecule has 4 nitrogen and oxygen atoms in total. The minimum atomic E-state index is -0.102. The molecule has 0 atom stereocenters. The van der Waals surface area contributed by atoms with Crippen LogP contribution in [-0.4, -0.2) is 35.9 Å². The van der Waals surface area contributed by atoms with E-state index in [0.717, 1.165) is 10.8 Å². The van der Waals surface area contributed by atoms with Crippen molar-refractivity contribution in [3.05, 3.63) is 42.2 Å². The Hall–Kier alpha value is -1.36. The summed E-state index contributed by atoms with van der Waals surface area (Å²) in [5, 5.41) is 1.91. The summed E-state index contributed by atoms with van der Waals surface area (Å²) in [7, 11) is 1.79. The maximum Gasteiger partial charge on any atom is 0.272 e. The number of carbonyl (C=O) groups excluding carboxylic acids is 1. The SMILES string of the molecule is CN(CC(C)(C)CN)C(=O)c1nccc2ccccc12.Cl.Cl. The molecule has 0 aliphatic carbocycles. The zero-order valence-corrected chi connectivity index (χ0v) is 14.7. The number of rotatable bonds is 4. The van der Waals surface area contributed by atoms with Gasteiger partial charge in [0.05, 0.1) is 0 Å². The summed E-state index contributed by atoms with van der Waals surface area (Å²) in [4.78, 5) is 18.5. The molecule has 122 valence electrons. The van der Waals surface area contributed by atoms with E-state index in [1.807, 2.05) is 44.2 Å². The predicted molar refractivity (Wildman–Crippen MR) is 96.0 cm³/mol. The molecule has 22 heavy (non-hydrogen) atoms. The van der Waals surface area contributed by atoms with Crippen LogP contribution in [0.25, 0.3) is 10.8 Å². The van der Waals surface area contributed by atoms with Crippen LogP contribution in [0, 0.1) is 5.41 Å². The number of halogens is 2. The monoisotopic (exact) mass is 343 g/mol. The Bertz CT molecular complexity index is 626. The van der Waals surface area contributed by atoms with E-state index in [4.69, 9.17) is 5.73 Å². The van der Waals surface area contributed by atoms with Crippen LogP contribution in [0.2, 0.25) is 0 Å². The van der Waals surface area contributed by atoms with Crippen LogP contribution in [0.3, 0.4) is 0 Å². The summed E-state index contributed by atoms with van der Waals surface area (Å²) < 4.78 is 0. The largest absolute Gasteiger partial charge is 0.340 e. The Morgan fingerprint density at radius 2 is 1.86 bits per heavy atom. The molecule has 0 radical (unpaired) electrons. The molecule has 1 aromatic heterocycles. The van der Waals surface area contributed by atoms with E-state index < -0.39 is 0 Å². The van der Waals surface area contributed by atoms with Gasteiger partial charge >= 0.3 is 0 Å². The Morgan fingerprint density at radius 3 is 2.50 bits per heavy atom. The molecule has 1 amide bonds. The molecule has 1 heterocycles. The van der Waals surface area contributed by atoms with Crippen LogP contribution in [-0.2, 0) is 0 Å². The van der Waals surface area contributed by atoms with Crippen molar-refractivity contribution in [3.8, 4) is 0 Å². The first kappa shape index (κ1) is 20.6. The van der Waals surface area contributed by atoms with Crippen LogP contribution >= 0.6 is 24.8 Å². The Kier molecular flexibility index (Phi) is 7.81. The van der Waals surface area contributed by atoms with Crippen molar-refractivity contribution in [1.29, 1.82) is 0 Å². The number of amides is 1. The molecule has 0 unspecified atom stereocenters. The minimum absolute atomic E-state index is 0. The smallest absolute Gasteiger partial charge is 0.272 e. The van der Waals surface area contributed by atoms with Crippen molar-refractivity contribution in [2.75, 3.05) is 20.1 Å². The molecule has 2 aromatic rings. The number of nitrogens with two attached hydrogens (primary N) is 1. The molecule has 1 aromatic carbocycles. The van der Waals surface area contributed by atoms with Gasteiger partial charge in [-0.3, -0.25) is 9.78 Å². The molecule has 2 rings (SSSR count). The number of fused-ring (bicyclic) bond motifs is 1. The van der Waals surface area contributed by atoms with Crippen molar-refractivity contribution in [2.45, 2.75) is 13.8 Å². The highest BCUT2D eigenvalue weighted by Gasteiger charge is 2.23. The highest BCUT2D eigenvalue weighted by atomic mass is 35.5. The van der Waals surface area contributed by atoms with Gasteiger partial charge in [-0.1, -0.05) is 38.1 Å². The fourth-order valence-electron chi connectivity index (χ4n) is 2.25. The quantitative estimate of drug-likeness (QED) is 0.927. The lowest BCUT2D eigenvalue weighted by molar-refractivity contribution is 0.0737. The molecule has 2 N–H and O–H groups in total. The van der Waals surface area contributed by atoms with Crippen molar-refractivity contribution < 1.29 is 4.79 Å². The van der Waals surface area contributed by atoms with Gasteiger partial charge in [-0.2, -0.15) is 0 Å². The van der Waals surface area contributed by atoms with Gasteiger partial charge in [0.2, 0.25) is 0 Å². The molecule has 0 bridgehead atoms. The number of carbonyl (C=O) groups is 1. The highest BCUT2D eigenvalue weighted by Crippen LogP contribution is 2.20. The van der Waals surface area contributed by atoms with E-state index in [1.165, 1.54) is 0 Å². The van der Waals surface area contributed by atoms with Gasteiger partial charge in [-0.25, -0.2) is 0 Å². The first-order chi connectivity index (χ1) is 9.44. The minimum Gasteiger partial charge on any atom is -0.340 e. The van der Waals surface area contributed by atoms with E-state index in [0.29, 0.717) is 18.8 Å². The highest BCUT2D eigenvalue weighted by molar-refractivity contribution is 6.05. The second-order valence-electron chi connectivity index (χ2n) is 5.91. The molecule has 0 aliphatic heterocycles.